The summed E-state index contributed by atoms with van der Waals surface area (Å²) in [7, 11) is 1.99. The highest BCUT2D eigenvalue weighted by Gasteiger charge is 2.42. The molecule has 0 aromatic heterocycles. The third kappa shape index (κ3) is 6.24. The lowest BCUT2D eigenvalue weighted by molar-refractivity contribution is -0.137. The molecule has 0 amide bonds. The van der Waals surface area contributed by atoms with Crippen molar-refractivity contribution >= 4 is 17.4 Å². The number of nitrogens with zero attached hydrogens (tertiary/aromatic N) is 3. The van der Waals surface area contributed by atoms with E-state index in [4.69, 9.17) is 16.3 Å². The van der Waals surface area contributed by atoms with Gasteiger partial charge < -0.3 is 4.74 Å². The molecule has 2 aliphatic heterocycles. The second-order valence-electron chi connectivity index (χ2n) is 9.43. The third-order valence-corrected chi connectivity index (χ3v) is 7.21. The van der Waals surface area contributed by atoms with E-state index in [0.29, 0.717) is 51.0 Å². The maximum absolute atomic E-state index is 13.0. The van der Waals surface area contributed by atoms with E-state index in [1.54, 1.807) is 6.92 Å². The van der Waals surface area contributed by atoms with Gasteiger partial charge in [0.15, 0.2) is 5.78 Å². The number of carbonyl (C=O) groups is 1. The molecule has 4 rings (SSSR count). The average Bonchev–Trinajstić information content (AvgIpc) is 3.24. The molecule has 1 unspecified atom stereocenters. The number of rotatable bonds is 7. The Kier molecular flexibility index (Phi) is 8.18. The van der Waals surface area contributed by atoms with Crippen LogP contribution in [0.1, 0.15) is 29.5 Å². The predicted octanol–water partition coefficient (Wildman–Crippen LogP) is 4.51. The number of halogens is 4. The van der Waals surface area contributed by atoms with Gasteiger partial charge in [0.05, 0.1) is 18.8 Å². The first kappa shape index (κ1) is 26.1. The largest absolute Gasteiger partial charge is 0.416 e. The van der Waals surface area contributed by atoms with Crippen molar-refractivity contribution < 1.29 is 22.7 Å². The first-order chi connectivity index (χ1) is 16.6. The fourth-order valence-electron chi connectivity index (χ4n) is 5.30. The Morgan fingerprint density at radius 3 is 2.40 bits per heavy atom. The van der Waals surface area contributed by atoms with Crippen LogP contribution in [0.15, 0.2) is 48.5 Å². The highest BCUT2D eigenvalue weighted by atomic mass is 35.5. The Morgan fingerprint density at radius 1 is 1.11 bits per heavy atom. The molecule has 5 nitrogen and oxygen atoms in total. The third-order valence-electron chi connectivity index (χ3n) is 6.97. The van der Waals surface area contributed by atoms with E-state index in [2.05, 4.69) is 20.8 Å². The Morgan fingerprint density at radius 2 is 1.80 bits per heavy atom. The summed E-state index contributed by atoms with van der Waals surface area (Å²) < 4.78 is 44.4. The minimum atomic E-state index is -4.35. The van der Waals surface area contributed by atoms with Crippen molar-refractivity contribution in [2.24, 2.45) is 0 Å². The summed E-state index contributed by atoms with van der Waals surface area (Å²) in [6, 6.07) is 13.2. The molecule has 9 heteroatoms. The number of ether oxygens (including phenoxy) is 1. The Hall–Kier alpha value is -1.97. The first-order valence-electron chi connectivity index (χ1n) is 11.8. The van der Waals surface area contributed by atoms with Gasteiger partial charge >= 0.3 is 6.18 Å². The van der Waals surface area contributed by atoms with Crippen LogP contribution in [0.4, 0.5) is 13.2 Å². The van der Waals surface area contributed by atoms with E-state index >= 15 is 0 Å². The minimum Gasteiger partial charge on any atom is -0.379 e. The SMILES string of the molecule is CC(=O)C(N1CCOCC1)N1C[C@H](c2cccc(Cl)c2)[C@H](N(C)Cc2ccc(C(F)(F)F)cc2)C1. The smallest absolute Gasteiger partial charge is 0.379 e. The lowest BCUT2D eigenvalue weighted by Crippen LogP contribution is -2.55. The normalized spacial score (nSPS) is 23.1. The number of hydrogen-bond donors (Lipinski definition) is 0. The number of benzene rings is 2. The van der Waals surface area contributed by atoms with Crippen molar-refractivity contribution in [2.75, 3.05) is 46.4 Å². The lowest BCUT2D eigenvalue weighted by Gasteiger charge is -2.38. The zero-order valence-corrected chi connectivity index (χ0v) is 20.7. The molecular weight excluding hydrogens is 479 g/mol. The number of alkyl halides is 3. The second-order valence-corrected chi connectivity index (χ2v) is 9.86. The maximum atomic E-state index is 13.0. The first-order valence-corrected chi connectivity index (χ1v) is 12.2. The summed E-state index contributed by atoms with van der Waals surface area (Å²) in [5.74, 6) is 0.193. The highest BCUT2D eigenvalue weighted by Crippen LogP contribution is 2.35. The van der Waals surface area contributed by atoms with E-state index in [-0.39, 0.29) is 23.9 Å². The van der Waals surface area contributed by atoms with Crippen LogP contribution in [-0.2, 0) is 22.3 Å². The van der Waals surface area contributed by atoms with Gasteiger partial charge in [-0.1, -0.05) is 35.9 Å². The standard InChI is InChI=1S/C26H31ClF3N3O2/c1-18(34)25(32-10-12-35-13-11-32)33-16-23(20-4-3-5-22(27)14-20)24(17-33)31(2)15-19-6-8-21(9-7-19)26(28,29)30/h3-9,14,23-25H,10-13,15-17H2,1-2H3/t23-,24-,25?/m1/s1. The van der Waals surface area contributed by atoms with E-state index in [1.165, 1.54) is 12.1 Å². The van der Waals surface area contributed by atoms with Crippen LogP contribution in [0, 0.1) is 0 Å². The molecule has 0 saturated carbocycles. The minimum absolute atomic E-state index is 0.0543. The molecule has 0 aliphatic carbocycles. The van der Waals surface area contributed by atoms with Crippen molar-refractivity contribution in [3.05, 3.63) is 70.2 Å². The van der Waals surface area contributed by atoms with Crippen LogP contribution in [0.3, 0.4) is 0 Å². The lowest BCUT2D eigenvalue weighted by atomic mass is 9.93. The van der Waals surface area contributed by atoms with E-state index in [1.807, 2.05) is 25.2 Å². The van der Waals surface area contributed by atoms with Gasteiger partial charge in [-0.15, -0.1) is 0 Å². The molecule has 35 heavy (non-hydrogen) atoms. The summed E-state index contributed by atoms with van der Waals surface area (Å²) in [6.07, 6.45) is -4.68. The van der Waals surface area contributed by atoms with Crippen LogP contribution in [0.2, 0.25) is 5.02 Å². The Balaban J connectivity index is 1.57. The monoisotopic (exact) mass is 509 g/mol. The molecule has 2 heterocycles. The van der Waals surface area contributed by atoms with E-state index in [0.717, 1.165) is 23.3 Å². The highest BCUT2D eigenvalue weighted by molar-refractivity contribution is 6.30. The van der Waals surface area contributed by atoms with Gasteiger partial charge in [-0.2, -0.15) is 13.2 Å². The zero-order chi connectivity index (χ0) is 25.2. The summed E-state index contributed by atoms with van der Waals surface area (Å²) in [5, 5.41) is 0.654. The number of Topliss-reactive ketones (excluding diaryl/α,β-unsaturated/α-hetero) is 1. The number of ketones is 1. The molecule has 0 spiro atoms. The summed E-state index contributed by atoms with van der Waals surface area (Å²) in [4.78, 5) is 19.3. The molecule has 2 aliphatic rings. The quantitative estimate of drug-likeness (QED) is 0.549. The van der Waals surface area contributed by atoms with E-state index in [9.17, 15) is 18.0 Å². The molecule has 190 valence electrons. The van der Waals surface area contributed by atoms with Crippen molar-refractivity contribution in [1.29, 1.82) is 0 Å². The van der Waals surface area contributed by atoms with Crippen molar-refractivity contribution in [3.8, 4) is 0 Å². The number of carbonyl (C=O) groups excluding carboxylic acids is 1. The molecular formula is C26H31ClF3N3O2. The van der Waals surface area contributed by atoms with Crippen LogP contribution in [0.25, 0.3) is 0 Å². The number of hydrogen-bond acceptors (Lipinski definition) is 5. The molecule has 0 bridgehead atoms. The molecule has 0 N–H and O–H groups in total. The van der Waals surface area contributed by atoms with Gasteiger partial charge in [0, 0.05) is 49.7 Å². The zero-order valence-electron chi connectivity index (χ0n) is 20.0. The number of morpholine rings is 1. The molecule has 3 atom stereocenters. The van der Waals surface area contributed by atoms with Crippen LogP contribution < -0.4 is 0 Å². The van der Waals surface area contributed by atoms with Crippen molar-refractivity contribution in [2.45, 2.75) is 37.8 Å². The number of likely N-dealkylation sites (N-methyl/N-ethyl adjacent to an activating group) is 1. The second kappa shape index (κ2) is 11.0. The topological polar surface area (TPSA) is 36.0 Å². The van der Waals surface area contributed by atoms with Crippen LogP contribution in [-0.4, -0.2) is 79.1 Å². The molecule has 2 aromatic rings. The van der Waals surface area contributed by atoms with Gasteiger partial charge in [-0.05, 0) is 49.4 Å². The maximum Gasteiger partial charge on any atom is 0.416 e. The summed E-state index contributed by atoms with van der Waals surface area (Å²) in [5.41, 5.74) is 1.25. The van der Waals surface area contributed by atoms with E-state index < -0.39 is 11.7 Å². The van der Waals surface area contributed by atoms with Crippen molar-refractivity contribution in [3.63, 3.8) is 0 Å². The Bertz CT molecular complexity index is 1010. The van der Waals surface area contributed by atoms with Crippen LogP contribution >= 0.6 is 11.6 Å². The molecule has 2 aromatic carbocycles. The molecule has 2 fully saturated rings. The van der Waals surface area contributed by atoms with Crippen molar-refractivity contribution in [1.82, 2.24) is 14.7 Å². The fourth-order valence-corrected chi connectivity index (χ4v) is 5.50. The number of likely N-dealkylation sites (tertiary alicyclic amines) is 1. The average molecular weight is 510 g/mol. The van der Waals surface area contributed by atoms with Gasteiger partial charge in [0.2, 0.25) is 0 Å². The van der Waals surface area contributed by atoms with Gasteiger partial charge in [-0.3, -0.25) is 19.5 Å². The van der Waals surface area contributed by atoms with Crippen LogP contribution in [0.5, 0.6) is 0 Å². The summed E-state index contributed by atoms with van der Waals surface area (Å²) in [6.45, 7) is 6.09. The summed E-state index contributed by atoms with van der Waals surface area (Å²) >= 11 is 6.31. The predicted molar refractivity (Wildman–Crippen MR) is 129 cm³/mol. The van der Waals surface area contributed by atoms with Gasteiger partial charge in [0.1, 0.15) is 6.17 Å². The van der Waals surface area contributed by atoms with Gasteiger partial charge in [0.25, 0.3) is 0 Å². The molecule has 2 saturated heterocycles. The fraction of sp³-hybridized carbons (Fsp3) is 0.500. The Labute approximate surface area is 209 Å². The van der Waals surface area contributed by atoms with Gasteiger partial charge in [-0.25, -0.2) is 0 Å². The molecule has 0 radical (unpaired) electrons.